The fraction of sp³-hybridized carbons (Fsp3) is 0.200. The standard InChI is InChI=1S/C15H16N2O3/c1-10(12-5-3-4-6-13(12)20-2)17-15(19)11-7-8-14(18)16-9-11/h3-10H,1-2H3,(H,16,18)(H,17,19). The third-order valence-electron chi connectivity index (χ3n) is 3.00. The fourth-order valence-electron chi connectivity index (χ4n) is 1.93. The van der Waals surface area contributed by atoms with Gasteiger partial charge in [-0.1, -0.05) is 18.2 Å². The highest BCUT2D eigenvalue weighted by Crippen LogP contribution is 2.24. The van der Waals surface area contributed by atoms with Gasteiger partial charge in [-0.15, -0.1) is 0 Å². The topological polar surface area (TPSA) is 71.2 Å². The largest absolute Gasteiger partial charge is 0.496 e. The summed E-state index contributed by atoms with van der Waals surface area (Å²) in [7, 11) is 1.59. The van der Waals surface area contributed by atoms with Crippen LogP contribution in [0.3, 0.4) is 0 Å². The Kier molecular flexibility index (Phi) is 4.20. The number of aromatic amines is 1. The molecule has 0 radical (unpaired) electrons. The van der Waals surface area contributed by atoms with Crippen LogP contribution in [0.5, 0.6) is 5.75 Å². The van der Waals surface area contributed by atoms with Gasteiger partial charge in [0.05, 0.1) is 18.7 Å². The minimum atomic E-state index is -0.250. The zero-order chi connectivity index (χ0) is 14.5. The normalized spacial score (nSPS) is 11.7. The molecule has 1 atom stereocenters. The van der Waals surface area contributed by atoms with Crippen LogP contribution in [-0.4, -0.2) is 18.0 Å². The van der Waals surface area contributed by atoms with E-state index in [2.05, 4.69) is 10.3 Å². The van der Waals surface area contributed by atoms with Crippen LogP contribution in [0.1, 0.15) is 28.9 Å². The summed E-state index contributed by atoms with van der Waals surface area (Å²) in [6, 6.07) is 10.1. The van der Waals surface area contributed by atoms with E-state index in [4.69, 9.17) is 4.74 Å². The first-order valence-electron chi connectivity index (χ1n) is 6.24. The molecule has 0 aliphatic rings. The number of para-hydroxylation sites is 1. The number of nitrogens with one attached hydrogen (secondary N) is 2. The molecule has 2 rings (SSSR count). The maximum atomic E-state index is 12.1. The van der Waals surface area contributed by atoms with Crippen molar-refractivity contribution >= 4 is 5.91 Å². The Morgan fingerprint density at radius 1 is 1.25 bits per heavy atom. The third kappa shape index (κ3) is 3.06. The van der Waals surface area contributed by atoms with Crippen LogP contribution in [0, 0.1) is 0 Å². The number of carbonyl (C=O) groups is 1. The van der Waals surface area contributed by atoms with E-state index >= 15 is 0 Å². The van der Waals surface area contributed by atoms with Crippen molar-refractivity contribution in [3.63, 3.8) is 0 Å². The first-order chi connectivity index (χ1) is 9.61. The molecule has 0 aliphatic heterocycles. The predicted molar refractivity (Wildman–Crippen MR) is 75.9 cm³/mol. The molecule has 0 bridgehead atoms. The van der Waals surface area contributed by atoms with Crippen molar-refractivity contribution in [2.75, 3.05) is 7.11 Å². The van der Waals surface area contributed by atoms with E-state index in [0.717, 1.165) is 11.3 Å². The van der Waals surface area contributed by atoms with Gasteiger partial charge in [0.15, 0.2) is 0 Å². The lowest BCUT2D eigenvalue weighted by Gasteiger charge is -2.17. The van der Waals surface area contributed by atoms with Gasteiger partial charge in [0.1, 0.15) is 5.75 Å². The molecule has 5 heteroatoms. The molecule has 1 heterocycles. The summed E-state index contributed by atoms with van der Waals surface area (Å²) in [6.45, 7) is 1.88. The molecule has 1 unspecified atom stereocenters. The average Bonchev–Trinajstić information content (AvgIpc) is 2.47. The second kappa shape index (κ2) is 6.06. The zero-order valence-corrected chi connectivity index (χ0v) is 11.3. The Labute approximate surface area is 116 Å². The number of amides is 1. The molecule has 0 aliphatic carbocycles. The van der Waals surface area contributed by atoms with Crippen LogP contribution < -0.4 is 15.6 Å². The highest BCUT2D eigenvalue weighted by Gasteiger charge is 2.14. The maximum absolute atomic E-state index is 12.1. The molecular weight excluding hydrogens is 256 g/mol. The minimum absolute atomic E-state index is 0.203. The van der Waals surface area contributed by atoms with Crippen molar-refractivity contribution in [2.45, 2.75) is 13.0 Å². The molecule has 0 fully saturated rings. The van der Waals surface area contributed by atoms with Crippen molar-refractivity contribution in [2.24, 2.45) is 0 Å². The van der Waals surface area contributed by atoms with Gasteiger partial charge in [0.2, 0.25) is 5.56 Å². The fourth-order valence-corrected chi connectivity index (χ4v) is 1.93. The molecular formula is C15H16N2O3. The van der Waals surface area contributed by atoms with Crippen LogP contribution in [0.15, 0.2) is 47.4 Å². The van der Waals surface area contributed by atoms with Gasteiger partial charge in [-0.25, -0.2) is 0 Å². The van der Waals surface area contributed by atoms with E-state index in [1.165, 1.54) is 18.3 Å². The van der Waals surface area contributed by atoms with Crippen LogP contribution in [0.2, 0.25) is 0 Å². The average molecular weight is 272 g/mol. The molecule has 20 heavy (non-hydrogen) atoms. The first kappa shape index (κ1) is 13.9. The number of H-pyrrole nitrogens is 1. The second-order valence-corrected chi connectivity index (χ2v) is 4.38. The minimum Gasteiger partial charge on any atom is -0.496 e. The number of benzene rings is 1. The number of methoxy groups -OCH3 is 1. The van der Waals surface area contributed by atoms with Crippen molar-refractivity contribution < 1.29 is 9.53 Å². The molecule has 0 spiro atoms. The monoisotopic (exact) mass is 272 g/mol. The lowest BCUT2D eigenvalue weighted by atomic mass is 10.1. The number of hydrogen-bond acceptors (Lipinski definition) is 3. The highest BCUT2D eigenvalue weighted by atomic mass is 16.5. The lowest BCUT2D eigenvalue weighted by Crippen LogP contribution is -2.27. The predicted octanol–water partition coefficient (Wildman–Crippen LogP) is 1.87. The van der Waals surface area contributed by atoms with Crippen molar-refractivity contribution in [3.05, 3.63) is 64.1 Å². The van der Waals surface area contributed by atoms with Gasteiger partial charge >= 0.3 is 0 Å². The number of hydrogen-bond donors (Lipinski definition) is 2. The van der Waals surface area contributed by atoms with Gasteiger partial charge in [0, 0.05) is 17.8 Å². The molecule has 0 saturated heterocycles. The Balaban J connectivity index is 2.15. The first-order valence-corrected chi connectivity index (χ1v) is 6.24. The van der Waals surface area contributed by atoms with Gasteiger partial charge in [-0.05, 0) is 19.1 Å². The van der Waals surface area contributed by atoms with E-state index < -0.39 is 0 Å². The van der Waals surface area contributed by atoms with E-state index in [-0.39, 0.29) is 17.5 Å². The SMILES string of the molecule is COc1ccccc1C(C)NC(=O)c1ccc(=O)[nH]c1. The molecule has 1 aromatic carbocycles. The Hall–Kier alpha value is -2.56. The Morgan fingerprint density at radius 2 is 2.00 bits per heavy atom. The van der Waals surface area contributed by atoms with Crippen LogP contribution in [-0.2, 0) is 0 Å². The lowest BCUT2D eigenvalue weighted by molar-refractivity contribution is 0.0939. The van der Waals surface area contributed by atoms with E-state index in [0.29, 0.717) is 5.56 Å². The van der Waals surface area contributed by atoms with E-state index in [9.17, 15) is 9.59 Å². The quantitative estimate of drug-likeness (QED) is 0.892. The van der Waals surface area contributed by atoms with Gasteiger partial charge in [-0.2, -0.15) is 0 Å². The van der Waals surface area contributed by atoms with Crippen molar-refractivity contribution in [3.8, 4) is 5.75 Å². The number of rotatable bonds is 4. The summed E-state index contributed by atoms with van der Waals surface area (Å²) in [5.41, 5.74) is 1.07. The van der Waals surface area contributed by atoms with Crippen molar-refractivity contribution in [1.82, 2.24) is 10.3 Å². The molecule has 0 saturated carbocycles. The highest BCUT2D eigenvalue weighted by molar-refractivity contribution is 5.94. The van der Waals surface area contributed by atoms with E-state index in [1.807, 2.05) is 31.2 Å². The van der Waals surface area contributed by atoms with Gasteiger partial charge in [-0.3, -0.25) is 9.59 Å². The number of aromatic nitrogens is 1. The van der Waals surface area contributed by atoms with Crippen molar-refractivity contribution in [1.29, 1.82) is 0 Å². The summed E-state index contributed by atoms with van der Waals surface area (Å²) in [6.07, 6.45) is 1.40. The smallest absolute Gasteiger partial charge is 0.253 e. The molecule has 104 valence electrons. The summed E-state index contributed by atoms with van der Waals surface area (Å²) >= 11 is 0. The second-order valence-electron chi connectivity index (χ2n) is 4.38. The van der Waals surface area contributed by atoms with Gasteiger partial charge < -0.3 is 15.0 Å². The van der Waals surface area contributed by atoms with Crippen LogP contribution in [0.4, 0.5) is 0 Å². The third-order valence-corrected chi connectivity index (χ3v) is 3.00. The molecule has 5 nitrogen and oxygen atoms in total. The number of pyridine rings is 1. The molecule has 2 aromatic rings. The van der Waals surface area contributed by atoms with Crippen LogP contribution in [0.25, 0.3) is 0 Å². The number of ether oxygens (including phenoxy) is 1. The van der Waals surface area contributed by atoms with E-state index in [1.54, 1.807) is 7.11 Å². The summed E-state index contributed by atoms with van der Waals surface area (Å²) in [5, 5.41) is 2.87. The zero-order valence-electron chi connectivity index (χ0n) is 11.3. The number of carbonyl (C=O) groups excluding carboxylic acids is 1. The summed E-state index contributed by atoms with van der Waals surface area (Å²) in [5.74, 6) is 0.474. The van der Waals surface area contributed by atoms with Gasteiger partial charge in [0.25, 0.3) is 5.91 Å². The summed E-state index contributed by atoms with van der Waals surface area (Å²) < 4.78 is 5.27. The molecule has 2 N–H and O–H groups in total. The Morgan fingerprint density at radius 3 is 2.65 bits per heavy atom. The molecule has 1 amide bonds. The van der Waals surface area contributed by atoms with Crippen LogP contribution >= 0.6 is 0 Å². The Bertz CT molecular complexity index is 644. The maximum Gasteiger partial charge on any atom is 0.253 e. The molecule has 1 aromatic heterocycles. The summed E-state index contributed by atoms with van der Waals surface area (Å²) in [4.78, 5) is 25.5.